The van der Waals surface area contributed by atoms with Crippen LogP contribution in [0.25, 0.3) is 0 Å². The fourth-order valence-corrected chi connectivity index (χ4v) is 2.47. The van der Waals surface area contributed by atoms with Crippen LogP contribution < -0.4 is 0 Å². The summed E-state index contributed by atoms with van der Waals surface area (Å²) in [6.07, 6.45) is 8.57. The average molecular weight is 196 g/mol. The molecule has 0 saturated heterocycles. The second-order valence-corrected chi connectivity index (χ2v) is 4.56. The summed E-state index contributed by atoms with van der Waals surface area (Å²) in [4.78, 5) is 11.3. The van der Waals surface area contributed by atoms with Gasteiger partial charge in [-0.3, -0.25) is 4.79 Å². The topological polar surface area (TPSA) is 37.3 Å². The van der Waals surface area contributed by atoms with Crippen molar-refractivity contribution in [2.45, 2.75) is 46.0 Å². The van der Waals surface area contributed by atoms with Crippen LogP contribution >= 0.6 is 0 Å². The van der Waals surface area contributed by atoms with Gasteiger partial charge >= 0.3 is 5.97 Å². The Morgan fingerprint density at radius 1 is 1.64 bits per heavy atom. The van der Waals surface area contributed by atoms with E-state index >= 15 is 0 Å². The third-order valence-electron chi connectivity index (χ3n) is 3.29. The van der Waals surface area contributed by atoms with Gasteiger partial charge in [0.05, 0.1) is 5.41 Å². The highest BCUT2D eigenvalue weighted by atomic mass is 16.4. The summed E-state index contributed by atoms with van der Waals surface area (Å²) < 4.78 is 0. The van der Waals surface area contributed by atoms with Crippen LogP contribution in [0.1, 0.15) is 46.0 Å². The summed E-state index contributed by atoms with van der Waals surface area (Å²) in [5.41, 5.74) is -0.468. The number of hydrogen-bond donors (Lipinski definition) is 1. The quantitative estimate of drug-likeness (QED) is 0.703. The van der Waals surface area contributed by atoms with E-state index in [0.29, 0.717) is 12.3 Å². The third-order valence-corrected chi connectivity index (χ3v) is 3.29. The van der Waals surface area contributed by atoms with Gasteiger partial charge in [0.1, 0.15) is 0 Å². The zero-order valence-corrected chi connectivity index (χ0v) is 9.12. The van der Waals surface area contributed by atoms with Crippen LogP contribution in [-0.2, 0) is 4.79 Å². The Balaban J connectivity index is 2.74. The Kier molecular flexibility index (Phi) is 3.73. The van der Waals surface area contributed by atoms with Crippen molar-refractivity contribution in [2.24, 2.45) is 11.3 Å². The molecule has 0 amide bonds. The summed E-state index contributed by atoms with van der Waals surface area (Å²) in [5, 5.41) is 9.30. The lowest BCUT2D eigenvalue weighted by Crippen LogP contribution is -2.35. The molecule has 2 nitrogen and oxygen atoms in total. The van der Waals surface area contributed by atoms with Gasteiger partial charge in [-0.25, -0.2) is 0 Å². The molecule has 0 radical (unpaired) electrons. The SMILES string of the molecule is C/C=C/CC1(C(=O)O)CCCC(C)C1. The molecule has 80 valence electrons. The minimum atomic E-state index is -0.609. The summed E-state index contributed by atoms with van der Waals surface area (Å²) in [7, 11) is 0. The molecule has 2 heteroatoms. The monoisotopic (exact) mass is 196 g/mol. The van der Waals surface area contributed by atoms with Crippen LogP contribution in [0.15, 0.2) is 12.2 Å². The van der Waals surface area contributed by atoms with Crippen molar-refractivity contribution in [2.75, 3.05) is 0 Å². The van der Waals surface area contributed by atoms with Gasteiger partial charge in [0.15, 0.2) is 0 Å². The van der Waals surface area contributed by atoms with Crippen molar-refractivity contribution in [3.8, 4) is 0 Å². The van der Waals surface area contributed by atoms with Gasteiger partial charge in [-0.05, 0) is 32.1 Å². The van der Waals surface area contributed by atoms with Crippen LogP contribution in [0.5, 0.6) is 0 Å². The van der Waals surface area contributed by atoms with Crippen molar-refractivity contribution < 1.29 is 9.90 Å². The third kappa shape index (κ3) is 2.37. The number of rotatable bonds is 3. The van der Waals surface area contributed by atoms with E-state index in [1.807, 2.05) is 19.1 Å². The van der Waals surface area contributed by atoms with Crippen LogP contribution in [0.4, 0.5) is 0 Å². The molecule has 1 rings (SSSR count). The number of carboxylic acid groups (broad SMARTS) is 1. The molecule has 1 fully saturated rings. The maximum atomic E-state index is 11.3. The standard InChI is InChI=1S/C12H20O2/c1-3-4-7-12(11(13)14)8-5-6-10(2)9-12/h3-4,10H,5-9H2,1-2H3,(H,13,14)/b4-3+. The first-order valence-electron chi connectivity index (χ1n) is 5.45. The Morgan fingerprint density at radius 3 is 2.86 bits per heavy atom. The lowest BCUT2D eigenvalue weighted by Gasteiger charge is -2.35. The van der Waals surface area contributed by atoms with E-state index in [9.17, 15) is 9.90 Å². The molecule has 0 aromatic rings. The molecule has 0 aliphatic heterocycles. The van der Waals surface area contributed by atoms with Crippen LogP contribution in [0.3, 0.4) is 0 Å². The first kappa shape index (κ1) is 11.3. The molecule has 2 unspecified atom stereocenters. The number of allylic oxidation sites excluding steroid dienone is 2. The lowest BCUT2D eigenvalue weighted by atomic mass is 9.68. The maximum Gasteiger partial charge on any atom is 0.309 e. The Morgan fingerprint density at radius 2 is 2.36 bits per heavy atom. The van der Waals surface area contributed by atoms with E-state index in [-0.39, 0.29) is 0 Å². The number of hydrogen-bond acceptors (Lipinski definition) is 1. The van der Waals surface area contributed by atoms with E-state index in [1.54, 1.807) is 0 Å². The molecular formula is C12H20O2. The van der Waals surface area contributed by atoms with Gasteiger partial charge in [0.2, 0.25) is 0 Å². The van der Waals surface area contributed by atoms with Crippen molar-refractivity contribution in [3.05, 3.63) is 12.2 Å². The highest BCUT2D eigenvalue weighted by molar-refractivity contribution is 5.75. The van der Waals surface area contributed by atoms with E-state index < -0.39 is 11.4 Å². The molecule has 1 aliphatic carbocycles. The minimum absolute atomic E-state index is 0.468. The molecule has 1 N–H and O–H groups in total. The van der Waals surface area contributed by atoms with E-state index in [2.05, 4.69) is 6.92 Å². The second-order valence-electron chi connectivity index (χ2n) is 4.56. The maximum absolute atomic E-state index is 11.3. The summed E-state index contributed by atoms with van der Waals surface area (Å²) in [6, 6.07) is 0. The van der Waals surface area contributed by atoms with Gasteiger partial charge in [-0.2, -0.15) is 0 Å². The molecule has 0 heterocycles. The van der Waals surface area contributed by atoms with Gasteiger partial charge in [-0.15, -0.1) is 0 Å². The molecule has 0 spiro atoms. The zero-order chi connectivity index (χ0) is 10.6. The summed E-state index contributed by atoms with van der Waals surface area (Å²) in [6.45, 7) is 4.11. The predicted octanol–water partition coefficient (Wildman–Crippen LogP) is 3.23. The number of aliphatic carboxylic acids is 1. The van der Waals surface area contributed by atoms with Crippen molar-refractivity contribution in [1.82, 2.24) is 0 Å². The first-order chi connectivity index (χ1) is 6.60. The second kappa shape index (κ2) is 4.63. The van der Waals surface area contributed by atoms with E-state index in [0.717, 1.165) is 19.3 Å². The van der Waals surface area contributed by atoms with Crippen LogP contribution in [-0.4, -0.2) is 11.1 Å². The first-order valence-corrected chi connectivity index (χ1v) is 5.45. The molecule has 0 bridgehead atoms. The minimum Gasteiger partial charge on any atom is -0.481 e. The highest BCUT2D eigenvalue weighted by Crippen LogP contribution is 2.42. The molecule has 0 aromatic carbocycles. The molecular weight excluding hydrogens is 176 g/mol. The summed E-state index contributed by atoms with van der Waals surface area (Å²) in [5.74, 6) is -0.0488. The molecule has 14 heavy (non-hydrogen) atoms. The van der Waals surface area contributed by atoms with Gasteiger partial charge in [-0.1, -0.05) is 31.9 Å². The fourth-order valence-electron chi connectivity index (χ4n) is 2.47. The molecule has 0 aromatic heterocycles. The van der Waals surface area contributed by atoms with Crippen LogP contribution in [0.2, 0.25) is 0 Å². The van der Waals surface area contributed by atoms with Crippen LogP contribution in [0, 0.1) is 11.3 Å². The highest BCUT2D eigenvalue weighted by Gasteiger charge is 2.40. The van der Waals surface area contributed by atoms with E-state index in [1.165, 1.54) is 6.42 Å². The van der Waals surface area contributed by atoms with Crippen molar-refractivity contribution >= 4 is 5.97 Å². The molecule has 2 atom stereocenters. The van der Waals surface area contributed by atoms with Gasteiger partial charge in [0.25, 0.3) is 0 Å². The predicted molar refractivity (Wildman–Crippen MR) is 57.1 cm³/mol. The largest absolute Gasteiger partial charge is 0.481 e. The fraction of sp³-hybridized carbons (Fsp3) is 0.750. The van der Waals surface area contributed by atoms with E-state index in [4.69, 9.17) is 0 Å². The van der Waals surface area contributed by atoms with Gasteiger partial charge in [0, 0.05) is 0 Å². The normalized spacial score (nSPS) is 33.4. The lowest BCUT2D eigenvalue weighted by molar-refractivity contribution is -0.151. The molecule has 1 aliphatic rings. The number of carboxylic acids is 1. The van der Waals surface area contributed by atoms with Gasteiger partial charge < -0.3 is 5.11 Å². The summed E-state index contributed by atoms with van der Waals surface area (Å²) >= 11 is 0. The Labute approximate surface area is 86.0 Å². The van der Waals surface area contributed by atoms with Crippen molar-refractivity contribution in [1.29, 1.82) is 0 Å². The Hall–Kier alpha value is -0.790. The smallest absolute Gasteiger partial charge is 0.309 e. The zero-order valence-electron chi connectivity index (χ0n) is 9.12. The molecule has 1 saturated carbocycles. The Bertz CT molecular complexity index is 232. The average Bonchev–Trinajstić information content (AvgIpc) is 2.14. The number of carbonyl (C=O) groups is 1. The van der Waals surface area contributed by atoms with Crippen molar-refractivity contribution in [3.63, 3.8) is 0 Å².